The van der Waals surface area contributed by atoms with E-state index in [1.54, 1.807) is 31.2 Å². The second kappa shape index (κ2) is 6.83. The van der Waals surface area contributed by atoms with Crippen molar-refractivity contribution in [2.45, 2.75) is 13.3 Å². The second-order valence-corrected chi connectivity index (χ2v) is 4.59. The van der Waals surface area contributed by atoms with Gasteiger partial charge in [0.1, 0.15) is 11.6 Å². The van der Waals surface area contributed by atoms with Gasteiger partial charge in [0.25, 0.3) is 0 Å². The summed E-state index contributed by atoms with van der Waals surface area (Å²) in [7, 11) is 1.34. The molecule has 0 saturated carbocycles. The molecule has 1 heterocycles. The third-order valence-electron chi connectivity index (χ3n) is 3.15. The number of carbonyl (C=O) groups excluding carboxylic acids is 1. The number of esters is 1. The van der Waals surface area contributed by atoms with E-state index < -0.39 is 5.97 Å². The number of aromatic nitrogens is 1. The van der Waals surface area contributed by atoms with Gasteiger partial charge in [-0.3, -0.25) is 0 Å². The van der Waals surface area contributed by atoms with Crippen molar-refractivity contribution in [1.82, 2.24) is 4.98 Å². The van der Waals surface area contributed by atoms with Crippen LogP contribution < -0.4 is 5.32 Å². The molecule has 0 aliphatic heterocycles. The average molecular weight is 288 g/mol. The zero-order chi connectivity index (χ0) is 15.2. The molecule has 2 aromatic rings. The molecule has 5 heteroatoms. The molecule has 0 atom stereocenters. The largest absolute Gasteiger partial charge is 0.465 e. The lowest BCUT2D eigenvalue weighted by Gasteiger charge is -2.09. The second-order valence-electron chi connectivity index (χ2n) is 4.59. The van der Waals surface area contributed by atoms with Gasteiger partial charge in [-0.2, -0.15) is 0 Å². The van der Waals surface area contributed by atoms with Crippen LogP contribution in [0.2, 0.25) is 0 Å². The standard InChI is InChI=1S/C16H17FN2O2/c1-11-13(16(20)21-2)7-8-15(19-11)18-10-9-12-5-3-4-6-14(12)17/h3-8H,9-10H2,1-2H3,(H,18,19). The van der Waals surface area contributed by atoms with Crippen molar-refractivity contribution in [3.05, 3.63) is 59.0 Å². The van der Waals surface area contributed by atoms with Crippen molar-refractivity contribution < 1.29 is 13.9 Å². The van der Waals surface area contributed by atoms with Gasteiger partial charge < -0.3 is 10.1 Å². The van der Waals surface area contributed by atoms with Crippen LogP contribution in [0, 0.1) is 12.7 Å². The molecular formula is C16H17FN2O2. The molecular weight excluding hydrogens is 271 g/mol. The van der Waals surface area contributed by atoms with Gasteiger partial charge in [-0.1, -0.05) is 18.2 Å². The number of methoxy groups -OCH3 is 1. The summed E-state index contributed by atoms with van der Waals surface area (Å²) < 4.78 is 18.1. The first kappa shape index (κ1) is 15.0. The quantitative estimate of drug-likeness (QED) is 0.859. The SMILES string of the molecule is COC(=O)c1ccc(NCCc2ccccc2F)nc1C. The maximum absolute atomic E-state index is 13.5. The maximum Gasteiger partial charge on any atom is 0.339 e. The highest BCUT2D eigenvalue weighted by Gasteiger charge is 2.10. The number of carbonyl (C=O) groups is 1. The highest BCUT2D eigenvalue weighted by Crippen LogP contribution is 2.12. The lowest BCUT2D eigenvalue weighted by molar-refractivity contribution is 0.0599. The van der Waals surface area contributed by atoms with E-state index in [4.69, 9.17) is 0 Å². The zero-order valence-electron chi connectivity index (χ0n) is 12.0. The summed E-state index contributed by atoms with van der Waals surface area (Å²) in [6.45, 7) is 2.30. The molecule has 1 aromatic carbocycles. The van der Waals surface area contributed by atoms with Gasteiger partial charge in [0.15, 0.2) is 0 Å². The minimum absolute atomic E-state index is 0.204. The minimum Gasteiger partial charge on any atom is -0.465 e. The Morgan fingerprint density at radius 3 is 2.71 bits per heavy atom. The molecule has 0 fully saturated rings. The number of hydrogen-bond acceptors (Lipinski definition) is 4. The van der Waals surface area contributed by atoms with E-state index in [1.807, 2.05) is 6.07 Å². The third kappa shape index (κ3) is 3.78. The highest BCUT2D eigenvalue weighted by atomic mass is 19.1. The van der Waals surface area contributed by atoms with Gasteiger partial charge in [-0.05, 0) is 37.1 Å². The fourth-order valence-electron chi connectivity index (χ4n) is 2.01. The summed E-state index contributed by atoms with van der Waals surface area (Å²) in [5.74, 6) is 0.0406. The van der Waals surface area contributed by atoms with E-state index in [2.05, 4.69) is 15.0 Å². The monoisotopic (exact) mass is 288 g/mol. The van der Waals surface area contributed by atoms with E-state index in [9.17, 15) is 9.18 Å². The van der Waals surface area contributed by atoms with Crippen LogP contribution in [0.15, 0.2) is 36.4 Å². The van der Waals surface area contributed by atoms with Crippen molar-refractivity contribution in [3.8, 4) is 0 Å². The molecule has 110 valence electrons. The van der Waals surface area contributed by atoms with Crippen LogP contribution in [0.3, 0.4) is 0 Å². The number of ether oxygens (including phenoxy) is 1. The number of pyridine rings is 1. The van der Waals surface area contributed by atoms with Crippen molar-refractivity contribution in [3.63, 3.8) is 0 Å². The molecule has 1 aromatic heterocycles. The van der Waals surface area contributed by atoms with Crippen LogP contribution in [0.1, 0.15) is 21.6 Å². The molecule has 0 spiro atoms. The normalized spacial score (nSPS) is 10.2. The summed E-state index contributed by atoms with van der Waals surface area (Å²) in [6, 6.07) is 10.1. The van der Waals surface area contributed by atoms with Gasteiger partial charge in [0, 0.05) is 6.54 Å². The Balaban J connectivity index is 1.97. The Hall–Kier alpha value is -2.43. The van der Waals surface area contributed by atoms with E-state index in [1.165, 1.54) is 13.2 Å². The molecule has 0 saturated heterocycles. The number of rotatable bonds is 5. The first-order valence-electron chi connectivity index (χ1n) is 6.65. The highest BCUT2D eigenvalue weighted by molar-refractivity contribution is 5.90. The fraction of sp³-hybridized carbons (Fsp3) is 0.250. The smallest absolute Gasteiger partial charge is 0.339 e. The van der Waals surface area contributed by atoms with Crippen LogP contribution in [0.4, 0.5) is 10.2 Å². The van der Waals surface area contributed by atoms with Crippen molar-refractivity contribution in [2.24, 2.45) is 0 Å². The molecule has 0 amide bonds. The number of hydrogen-bond donors (Lipinski definition) is 1. The molecule has 4 nitrogen and oxygen atoms in total. The minimum atomic E-state index is -0.405. The van der Waals surface area contributed by atoms with Crippen molar-refractivity contribution in [1.29, 1.82) is 0 Å². The Morgan fingerprint density at radius 2 is 2.05 bits per heavy atom. The molecule has 1 N–H and O–H groups in total. The van der Waals surface area contributed by atoms with Crippen LogP contribution in [-0.4, -0.2) is 24.6 Å². The van der Waals surface area contributed by atoms with Gasteiger partial charge in [0.2, 0.25) is 0 Å². The fourth-order valence-corrected chi connectivity index (χ4v) is 2.01. The molecule has 0 aliphatic carbocycles. The van der Waals surface area contributed by atoms with Crippen LogP contribution >= 0.6 is 0 Å². The van der Waals surface area contributed by atoms with Crippen molar-refractivity contribution in [2.75, 3.05) is 19.0 Å². The number of aryl methyl sites for hydroxylation is 1. The molecule has 0 unspecified atom stereocenters. The summed E-state index contributed by atoms with van der Waals surface area (Å²) in [4.78, 5) is 15.7. The number of nitrogens with one attached hydrogen (secondary N) is 1. The van der Waals surface area contributed by atoms with Crippen LogP contribution in [0.25, 0.3) is 0 Å². The van der Waals surface area contributed by atoms with E-state index in [-0.39, 0.29) is 5.82 Å². The van der Waals surface area contributed by atoms with E-state index in [0.29, 0.717) is 35.6 Å². The summed E-state index contributed by atoms with van der Waals surface area (Å²) in [5.41, 5.74) is 1.70. The van der Waals surface area contributed by atoms with Crippen LogP contribution in [-0.2, 0) is 11.2 Å². The molecule has 0 bridgehead atoms. The third-order valence-corrected chi connectivity index (χ3v) is 3.15. The van der Waals surface area contributed by atoms with Gasteiger partial charge >= 0.3 is 5.97 Å². The molecule has 21 heavy (non-hydrogen) atoms. The number of anilines is 1. The zero-order valence-corrected chi connectivity index (χ0v) is 12.0. The Morgan fingerprint density at radius 1 is 1.29 bits per heavy atom. The number of nitrogens with zero attached hydrogens (tertiary/aromatic N) is 1. The van der Waals surface area contributed by atoms with Gasteiger partial charge in [-0.15, -0.1) is 0 Å². The lowest BCUT2D eigenvalue weighted by Crippen LogP contribution is -2.10. The Bertz CT molecular complexity index is 644. The van der Waals surface area contributed by atoms with E-state index in [0.717, 1.165) is 0 Å². The van der Waals surface area contributed by atoms with Gasteiger partial charge in [-0.25, -0.2) is 14.2 Å². The first-order chi connectivity index (χ1) is 10.1. The summed E-state index contributed by atoms with van der Waals surface area (Å²) >= 11 is 0. The summed E-state index contributed by atoms with van der Waals surface area (Å²) in [6.07, 6.45) is 0.562. The Labute approximate surface area is 123 Å². The Kier molecular flexibility index (Phi) is 4.87. The molecule has 2 rings (SSSR count). The predicted molar refractivity (Wildman–Crippen MR) is 78.9 cm³/mol. The number of benzene rings is 1. The number of halogens is 1. The molecule has 0 radical (unpaired) electrons. The van der Waals surface area contributed by atoms with Crippen LogP contribution in [0.5, 0.6) is 0 Å². The average Bonchev–Trinajstić information content (AvgIpc) is 2.48. The lowest BCUT2D eigenvalue weighted by atomic mass is 10.1. The topological polar surface area (TPSA) is 51.2 Å². The maximum atomic E-state index is 13.5. The van der Waals surface area contributed by atoms with Crippen molar-refractivity contribution >= 4 is 11.8 Å². The van der Waals surface area contributed by atoms with E-state index >= 15 is 0 Å². The predicted octanol–water partition coefficient (Wildman–Crippen LogP) is 2.97. The molecule has 0 aliphatic rings. The van der Waals surface area contributed by atoms with Gasteiger partial charge in [0.05, 0.1) is 18.4 Å². The first-order valence-corrected chi connectivity index (χ1v) is 6.65. The summed E-state index contributed by atoms with van der Waals surface area (Å²) in [5, 5.41) is 3.12.